The molecule has 0 saturated heterocycles. The Morgan fingerprint density at radius 1 is 0.614 bits per heavy atom. The average Bonchev–Trinajstić information content (AvgIpc) is 3.67. The van der Waals surface area contributed by atoms with E-state index in [-0.39, 0.29) is 12.1 Å². The number of allylic oxidation sites excluding steroid dienone is 2. The highest BCUT2D eigenvalue weighted by molar-refractivity contribution is 6.14. The number of hydrogen-bond donors (Lipinski definition) is 0. The second-order valence-electron chi connectivity index (χ2n) is 11.4. The largest absolute Gasteiger partial charge is 0.456 e. The summed E-state index contributed by atoms with van der Waals surface area (Å²) in [5.41, 5.74) is 9.66. The Bertz CT molecular complexity index is 2290. The van der Waals surface area contributed by atoms with Crippen LogP contribution >= 0.6 is 0 Å². The molecule has 2 atom stereocenters. The summed E-state index contributed by atoms with van der Waals surface area (Å²) in [6, 6.07) is 43.0. The van der Waals surface area contributed by atoms with Gasteiger partial charge in [-0.3, -0.25) is 9.98 Å². The number of fused-ring (bicyclic) bond motifs is 5. The number of furan rings is 1. The van der Waals surface area contributed by atoms with E-state index in [9.17, 15) is 0 Å². The van der Waals surface area contributed by atoms with E-state index < -0.39 is 0 Å². The summed E-state index contributed by atoms with van der Waals surface area (Å²) in [5, 5.41) is 3.37. The van der Waals surface area contributed by atoms with Crippen LogP contribution in [0.15, 0.2) is 161 Å². The van der Waals surface area contributed by atoms with Crippen LogP contribution in [0, 0.1) is 0 Å². The van der Waals surface area contributed by atoms with Crippen LogP contribution < -0.4 is 4.90 Å². The molecule has 0 saturated carbocycles. The van der Waals surface area contributed by atoms with Crippen LogP contribution in [0.3, 0.4) is 0 Å². The predicted molar refractivity (Wildman–Crippen MR) is 181 cm³/mol. The monoisotopic (exact) mass is 565 g/mol. The van der Waals surface area contributed by atoms with Crippen molar-refractivity contribution in [2.45, 2.75) is 12.1 Å². The van der Waals surface area contributed by atoms with Crippen molar-refractivity contribution in [3.63, 3.8) is 0 Å². The molecular weight excluding hydrogens is 538 g/mol. The zero-order chi connectivity index (χ0) is 29.0. The first-order valence-electron chi connectivity index (χ1n) is 15.0. The minimum atomic E-state index is 0.111. The Labute approximate surface area is 254 Å². The van der Waals surface area contributed by atoms with Gasteiger partial charge in [-0.1, -0.05) is 97.1 Å². The molecule has 2 aliphatic rings. The predicted octanol–water partition coefficient (Wildman–Crippen LogP) is 9.60. The van der Waals surface area contributed by atoms with E-state index in [0.29, 0.717) is 0 Å². The molecule has 208 valence electrons. The van der Waals surface area contributed by atoms with Gasteiger partial charge in [0.1, 0.15) is 17.0 Å². The molecule has 0 amide bonds. The normalized spacial score (nSPS) is 17.5. The fraction of sp³-hybridized carbons (Fsp3) is 0.0500. The van der Waals surface area contributed by atoms with Crippen molar-refractivity contribution in [3.05, 3.63) is 157 Å². The number of hydrogen-bond acceptors (Lipinski definition) is 4. The van der Waals surface area contributed by atoms with Gasteiger partial charge >= 0.3 is 0 Å². The van der Waals surface area contributed by atoms with Crippen LogP contribution in [0.25, 0.3) is 55.1 Å². The number of aliphatic imine (C=N–C) groups is 1. The van der Waals surface area contributed by atoms with Crippen molar-refractivity contribution in [1.29, 1.82) is 0 Å². The third kappa shape index (κ3) is 3.99. The molecule has 4 nitrogen and oxygen atoms in total. The zero-order valence-corrected chi connectivity index (χ0v) is 23.8. The van der Waals surface area contributed by atoms with Gasteiger partial charge in [0, 0.05) is 33.6 Å². The number of amidine groups is 1. The number of anilines is 1. The van der Waals surface area contributed by atoms with Gasteiger partial charge in [0.25, 0.3) is 0 Å². The highest BCUT2D eigenvalue weighted by Crippen LogP contribution is 2.39. The van der Waals surface area contributed by atoms with Gasteiger partial charge in [0.2, 0.25) is 0 Å². The van der Waals surface area contributed by atoms with Crippen molar-refractivity contribution in [2.75, 3.05) is 4.90 Å². The molecule has 0 radical (unpaired) electrons. The number of benzene rings is 5. The summed E-state index contributed by atoms with van der Waals surface area (Å²) in [6.45, 7) is 0. The second kappa shape index (κ2) is 9.92. The van der Waals surface area contributed by atoms with Crippen LogP contribution in [-0.2, 0) is 0 Å². The van der Waals surface area contributed by atoms with E-state index in [4.69, 9.17) is 9.41 Å². The van der Waals surface area contributed by atoms with Crippen LogP contribution in [0.5, 0.6) is 0 Å². The number of pyridine rings is 1. The van der Waals surface area contributed by atoms with Gasteiger partial charge in [0.05, 0.1) is 17.6 Å². The maximum absolute atomic E-state index is 6.34. The summed E-state index contributed by atoms with van der Waals surface area (Å²) in [4.78, 5) is 12.0. The molecule has 0 spiro atoms. The Balaban J connectivity index is 1.11. The molecule has 0 bridgehead atoms. The van der Waals surface area contributed by atoms with E-state index in [2.05, 4.69) is 143 Å². The molecule has 1 aliphatic heterocycles. The molecule has 1 aliphatic carbocycles. The van der Waals surface area contributed by atoms with E-state index in [0.717, 1.165) is 72.2 Å². The molecule has 5 aromatic carbocycles. The van der Waals surface area contributed by atoms with E-state index >= 15 is 0 Å². The minimum Gasteiger partial charge on any atom is -0.456 e. The summed E-state index contributed by atoms with van der Waals surface area (Å²) in [5.74, 6) is 1.01. The summed E-state index contributed by atoms with van der Waals surface area (Å²) >= 11 is 0. The van der Waals surface area contributed by atoms with E-state index in [1.165, 1.54) is 0 Å². The standard InChI is InChI=1S/C40H27N3O/c1-2-8-27(9-3-1)40-42-35-12-4-5-13-36(35)43(40)31-19-15-26(16-20-31)28-18-22-37-33(25-28)39-32(11-6-14-38(39)44-37)29-17-21-34-30(24-29)10-7-23-41-34/h1-25,35-36H. The Morgan fingerprint density at radius 2 is 1.45 bits per heavy atom. The van der Waals surface area contributed by atoms with Gasteiger partial charge in [-0.25, -0.2) is 0 Å². The fourth-order valence-corrected chi connectivity index (χ4v) is 6.69. The summed E-state index contributed by atoms with van der Waals surface area (Å²) in [7, 11) is 0. The number of aromatic nitrogens is 1. The van der Waals surface area contributed by atoms with Gasteiger partial charge in [0.15, 0.2) is 0 Å². The van der Waals surface area contributed by atoms with E-state index in [1.54, 1.807) is 0 Å². The second-order valence-corrected chi connectivity index (χ2v) is 11.4. The quantitative estimate of drug-likeness (QED) is 0.213. The molecule has 3 heterocycles. The van der Waals surface area contributed by atoms with Crippen LogP contribution in [0.4, 0.5) is 5.69 Å². The lowest BCUT2D eigenvalue weighted by Gasteiger charge is -2.29. The SMILES string of the molecule is C1=CC2N=C(c3ccccc3)N(c3ccc(-c4ccc5oc6cccc(-c7ccc8ncccc8c7)c6c5c4)cc3)C2C=C1. The molecule has 4 heteroatoms. The topological polar surface area (TPSA) is 41.6 Å². The molecule has 0 fully saturated rings. The van der Waals surface area contributed by atoms with Gasteiger partial charge in [-0.05, 0) is 70.8 Å². The first kappa shape index (κ1) is 24.8. The van der Waals surface area contributed by atoms with Crippen molar-refractivity contribution in [1.82, 2.24) is 4.98 Å². The zero-order valence-electron chi connectivity index (χ0n) is 23.8. The highest BCUT2D eigenvalue weighted by Gasteiger charge is 2.35. The molecule has 2 aromatic heterocycles. The van der Waals surface area contributed by atoms with Crippen molar-refractivity contribution in [2.24, 2.45) is 4.99 Å². The highest BCUT2D eigenvalue weighted by atomic mass is 16.3. The maximum atomic E-state index is 6.34. The summed E-state index contributed by atoms with van der Waals surface area (Å²) < 4.78 is 6.34. The van der Waals surface area contributed by atoms with Gasteiger partial charge < -0.3 is 9.32 Å². The van der Waals surface area contributed by atoms with Crippen LogP contribution in [0.2, 0.25) is 0 Å². The van der Waals surface area contributed by atoms with Crippen molar-refractivity contribution in [3.8, 4) is 22.3 Å². The molecule has 0 N–H and O–H groups in total. The third-order valence-corrected chi connectivity index (χ3v) is 8.80. The third-order valence-electron chi connectivity index (χ3n) is 8.80. The van der Waals surface area contributed by atoms with Crippen molar-refractivity contribution < 1.29 is 4.42 Å². The fourth-order valence-electron chi connectivity index (χ4n) is 6.69. The lowest BCUT2D eigenvalue weighted by atomic mass is 9.96. The number of rotatable bonds is 4. The van der Waals surface area contributed by atoms with Gasteiger partial charge in [-0.15, -0.1) is 0 Å². The first-order valence-corrected chi connectivity index (χ1v) is 15.0. The first-order chi connectivity index (χ1) is 21.8. The minimum absolute atomic E-state index is 0.111. The van der Waals surface area contributed by atoms with Crippen LogP contribution in [-0.4, -0.2) is 22.9 Å². The smallest absolute Gasteiger partial charge is 0.136 e. The lowest BCUT2D eigenvalue weighted by molar-refractivity contribution is 0.669. The summed E-state index contributed by atoms with van der Waals surface area (Å²) in [6.07, 6.45) is 10.5. The molecule has 9 rings (SSSR count). The molecule has 2 unspecified atom stereocenters. The lowest BCUT2D eigenvalue weighted by Crippen LogP contribution is -2.39. The Morgan fingerprint density at radius 3 is 2.36 bits per heavy atom. The molecule has 7 aromatic rings. The van der Waals surface area contributed by atoms with E-state index in [1.807, 2.05) is 18.3 Å². The maximum Gasteiger partial charge on any atom is 0.136 e. The van der Waals surface area contributed by atoms with Crippen molar-refractivity contribution >= 4 is 44.4 Å². The van der Waals surface area contributed by atoms with Crippen LogP contribution in [0.1, 0.15) is 5.56 Å². The number of nitrogens with zero attached hydrogens (tertiary/aromatic N) is 3. The van der Waals surface area contributed by atoms with Gasteiger partial charge in [-0.2, -0.15) is 0 Å². The Kier molecular flexibility index (Phi) is 5.60. The Hall–Kier alpha value is -5.74. The average molecular weight is 566 g/mol. The molecular formula is C40H27N3O. The molecule has 44 heavy (non-hydrogen) atoms.